The molecule has 0 aliphatic heterocycles. The van der Waals surface area contributed by atoms with Crippen LogP contribution in [0.25, 0.3) is 0 Å². The molecular formula is C13H24N2O. The van der Waals surface area contributed by atoms with Gasteiger partial charge in [-0.1, -0.05) is 6.92 Å². The summed E-state index contributed by atoms with van der Waals surface area (Å²) in [4.78, 5) is 0. The Morgan fingerprint density at radius 2 is 2.25 bits per heavy atom. The van der Waals surface area contributed by atoms with Crippen LogP contribution in [-0.2, 0) is 17.8 Å². The van der Waals surface area contributed by atoms with Gasteiger partial charge in [-0.15, -0.1) is 0 Å². The standard InChI is InChI=1S/C13H24N2O/c1-4-7-15-8-6-13(10-15)9-14-12(3)11-16-5-2/h6,8,10,12,14H,4-5,7,9,11H2,1-3H3. The van der Waals surface area contributed by atoms with Gasteiger partial charge >= 0.3 is 0 Å². The molecule has 92 valence electrons. The maximum atomic E-state index is 5.36. The van der Waals surface area contributed by atoms with Gasteiger partial charge in [-0.2, -0.15) is 0 Å². The molecule has 0 spiro atoms. The van der Waals surface area contributed by atoms with Gasteiger partial charge in [-0.05, 0) is 31.9 Å². The Morgan fingerprint density at radius 1 is 1.44 bits per heavy atom. The number of ether oxygens (including phenoxy) is 1. The Kier molecular flexibility index (Phi) is 6.19. The van der Waals surface area contributed by atoms with E-state index < -0.39 is 0 Å². The maximum Gasteiger partial charge on any atom is 0.0616 e. The van der Waals surface area contributed by atoms with Crippen molar-refractivity contribution in [2.75, 3.05) is 13.2 Å². The Hall–Kier alpha value is -0.800. The zero-order chi connectivity index (χ0) is 11.8. The topological polar surface area (TPSA) is 26.2 Å². The van der Waals surface area contributed by atoms with Gasteiger partial charge in [0.1, 0.15) is 0 Å². The summed E-state index contributed by atoms with van der Waals surface area (Å²) >= 11 is 0. The zero-order valence-electron chi connectivity index (χ0n) is 10.7. The van der Waals surface area contributed by atoms with Crippen LogP contribution in [0, 0.1) is 0 Å². The Morgan fingerprint density at radius 3 is 2.94 bits per heavy atom. The minimum atomic E-state index is 0.412. The normalized spacial score (nSPS) is 12.9. The molecule has 1 atom stereocenters. The average molecular weight is 224 g/mol. The molecule has 1 rings (SSSR count). The van der Waals surface area contributed by atoms with Crippen molar-refractivity contribution >= 4 is 0 Å². The van der Waals surface area contributed by atoms with Crippen LogP contribution >= 0.6 is 0 Å². The predicted octanol–water partition coefficient (Wildman–Crippen LogP) is 2.41. The van der Waals surface area contributed by atoms with E-state index in [1.807, 2.05) is 6.92 Å². The Labute approximate surface area is 98.8 Å². The highest BCUT2D eigenvalue weighted by molar-refractivity contribution is 5.09. The summed E-state index contributed by atoms with van der Waals surface area (Å²) in [7, 11) is 0. The molecule has 0 amide bonds. The third-order valence-electron chi connectivity index (χ3n) is 2.52. The van der Waals surface area contributed by atoms with Crippen molar-refractivity contribution in [2.45, 2.75) is 46.3 Å². The summed E-state index contributed by atoms with van der Waals surface area (Å²) < 4.78 is 7.60. The molecule has 0 fully saturated rings. The number of nitrogens with zero attached hydrogens (tertiary/aromatic N) is 1. The molecule has 16 heavy (non-hydrogen) atoms. The molecule has 1 unspecified atom stereocenters. The second kappa shape index (κ2) is 7.47. The van der Waals surface area contributed by atoms with E-state index in [4.69, 9.17) is 4.74 Å². The highest BCUT2D eigenvalue weighted by Gasteiger charge is 2.02. The number of rotatable bonds is 8. The highest BCUT2D eigenvalue weighted by Crippen LogP contribution is 2.02. The fourth-order valence-corrected chi connectivity index (χ4v) is 1.64. The summed E-state index contributed by atoms with van der Waals surface area (Å²) in [6.45, 7) is 9.98. The third kappa shape index (κ3) is 4.81. The first-order chi connectivity index (χ1) is 7.76. The molecule has 1 heterocycles. The smallest absolute Gasteiger partial charge is 0.0616 e. The lowest BCUT2D eigenvalue weighted by atomic mass is 10.3. The van der Waals surface area contributed by atoms with Crippen LogP contribution in [0.3, 0.4) is 0 Å². The minimum absolute atomic E-state index is 0.412. The first-order valence-corrected chi connectivity index (χ1v) is 6.22. The number of aromatic nitrogens is 1. The van der Waals surface area contributed by atoms with Crippen molar-refractivity contribution in [3.63, 3.8) is 0 Å². The van der Waals surface area contributed by atoms with E-state index in [0.29, 0.717) is 6.04 Å². The monoisotopic (exact) mass is 224 g/mol. The molecule has 0 saturated carbocycles. The Balaban J connectivity index is 2.25. The number of aryl methyl sites for hydroxylation is 1. The van der Waals surface area contributed by atoms with Gasteiger partial charge in [-0.3, -0.25) is 0 Å². The van der Waals surface area contributed by atoms with Crippen LogP contribution in [0.4, 0.5) is 0 Å². The van der Waals surface area contributed by atoms with Crippen molar-refractivity contribution < 1.29 is 4.74 Å². The average Bonchev–Trinajstić information content (AvgIpc) is 2.72. The van der Waals surface area contributed by atoms with Crippen molar-refractivity contribution in [1.29, 1.82) is 0 Å². The van der Waals surface area contributed by atoms with E-state index in [1.54, 1.807) is 0 Å². The van der Waals surface area contributed by atoms with E-state index in [0.717, 1.165) is 26.3 Å². The SMILES string of the molecule is CCCn1ccc(CNC(C)COCC)c1. The van der Waals surface area contributed by atoms with E-state index in [1.165, 1.54) is 12.0 Å². The molecule has 0 radical (unpaired) electrons. The summed E-state index contributed by atoms with van der Waals surface area (Å²) in [6.07, 6.45) is 5.54. The molecular weight excluding hydrogens is 200 g/mol. The van der Waals surface area contributed by atoms with Crippen LogP contribution in [0.2, 0.25) is 0 Å². The molecule has 3 nitrogen and oxygen atoms in total. The third-order valence-corrected chi connectivity index (χ3v) is 2.52. The van der Waals surface area contributed by atoms with Crippen LogP contribution < -0.4 is 5.32 Å². The van der Waals surface area contributed by atoms with Gasteiger partial charge in [0.25, 0.3) is 0 Å². The lowest BCUT2D eigenvalue weighted by molar-refractivity contribution is 0.127. The summed E-state index contributed by atoms with van der Waals surface area (Å²) in [5.41, 5.74) is 1.34. The summed E-state index contributed by atoms with van der Waals surface area (Å²) in [6, 6.07) is 2.59. The van der Waals surface area contributed by atoms with Crippen LogP contribution in [0.5, 0.6) is 0 Å². The highest BCUT2D eigenvalue weighted by atomic mass is 16.5. The number of nitrogens with one attached hydrogen (secondary N) is 1. The van der Waals surface area contributed by atoms with Crippen LogP contribution in [0.15, 0.2) is 18.5 Å². The van der Waals surface area contributed by atoms with E-state index >= 15 is 0 Å². The predicted molar refractivity (Wildman–Crippen MR) is 67.5 cm³/mol. The largest absolute Gasteiger partial charge is 0.380 e. The van der Waals surface area contributed by atoms with E-state index in [2.05, 4.69) is 42.2 Å². The van der Waals surface area contributed by atoms with Gasteiger partial charge in [0.15, 0.2) is 0 Å². The van der Waals surface area contributed by atoms with Gasteiger partial charge in [0, 0.05) is 38.1 Å². The lowest BCUT2D eigenvalue weighted by Gasteiger charge is -2.12. The van der Waals surface area contributed by atoms with E-state index in [9.17, 15) is 0 Å². The molecule has 0 saturated heterocycles. The quantitative estimate of drug-likeness (QED) is 0.734. The molecule has 3 heteroatoms. The van der Waals surface area contributed by atoms with Crippen molar-refractivity contribution in [2.24, 2.45) is 0 Å². The lowest BCUT2D eigenvalue weighted by Crippen LogP contribution is -2.29. The molecule has 1 aromatic rings. The van der Waals surface area contributed by atoms with Crippen molar-refractivity contribution in [1.82, 2.24) is 9.88 Å². The minimum Gasteiger partial charge on any atom is -0.380 e. The fourth-order valence-electron chi connectivity index (χ4n) is 1.64. The van der Waals surface area contributed by atoms with Gasteiger partial charge < -0.3 is 14.6 Å². The molecule has 0 bridgehead atoms. The first kappa shape index (κ1) is 13.3. The zero-order valence-corrected chi connectivity index (χ0v) is 10.7. The summed E-state index contributed by atoms with van der Waals surface area (Å²) in [5, 5.41) is 3.45. The second-order valence-corrected chi connectivity index (χ2v) is 4.20. The molecule has 1 aromatic heterocycles. The molecule has 1 N–H and O–H groups in total. The maximum absolute atomic E-state index is 5.36. The molecule has 0 aliphatic rings. The van der Waals surface area contributed by atoms with Crippen LogP contribution in [-0.4, -0.2) is 23.8 Å². The first-order valence-electron chi connectivity index (χ1n) is 6.22. The summed E-state index contributed by atoms with van der Waals surface area (Å²) in [5.74, 6) is 0. The number of hydrogen-bond acceptors (Lipinski definition) is 2. The van der Waals surface area contributed by atoms with Gasteiger partial charge in [-0.25, -0.2) is 0 Å². The molecule has 0 aliphatic carbocycles. The van der Waals surface area contributed by atoms with Gasteiger partial charge in [0.2, 0.25) is 0 Å². The number of hydrogen-bond donors (Lipinski definition) is 1. The molecule has 0 aromatic carbocycles. The van der Waals surface area contributed by atoms with Gasteiger partial charge in [0.05, 0.1) is 6.61 Å². The van der Waals surface area contributed by atoms with Crippen LogP contribution in [0.1, 0.15) is 32.8 Å². The fraction of sp³-hybridized carbons (Fsp3) is 0.692. The Bertz CT molecular complexity index is 283. The van der Waals surface area contributed by atoms with Crippen molar-refractivity contribution in [3.8, 4) is 0 Å². The van der Waals surface area contributed by atoms with E-state index in [-0.39, 0.29) is 0 Å². The van der Waals surface area contributed by atoms with Crippen molar-refractivity contribution in [3.05, 3.63) is 24.0 Å². The second-order valence-electron chi connectivity index (χ2n) is 4.20.